The number of alkyl carbamates (subject to hydrolysis) is 1. The van der Waals surface area contributed by atoms with E-state index in [1.807, 2.05) is 32.9 Å². The molecule has 0 atom stereocenters. The van der Waals surface area contributed by atoms with E-state index in [-0.39, 0.29) is 5.41 Å². The van der Waals surface area contributed by atoms with Crippen LogP contribution in [-0.2, 0) is 11.2 Å². The van der Waals surface area contributed by atoms with Crippen molar-refractivity contribution in [2.45, 2.75) is 78.9 Å². The predicted octanol–water partition coefficient (Wildman–Crippen LogP) is 4.00. The van der Waals surface area contributed by atoms with Crippen molar-refractivity contribution in [2.24, 2.45) is 5.41 Å². The Morgan fingerprint density at radius 1 is 1.33 bits per heavy atom. The Balaban J connectivity index is 2.14. The molecule has 0 unspecified atom stereocenters. The zero-order chi connectivity index (χ0) is 20.5. The Hall–Kier alpha value is -2.15. The maximum atomic E-state index is 12.2. The van der Waals surface area contributed by atoms with Gasteiger partial charge in [0.1, 0.15) is 5.60 Å². The fraction of sp³-hybridized carbons (Fsp3) is 0.650. The number of carbonyl (C=O) groups is 1. The molecule has 0 saturated carbocycles. The molecular weight excluding hydrogens is 346 g/mol. The van der Waals surface area contributed by atoms with Crippen LogP contribution < -0.4 is 5.32 Å². The van der Waals surface area contributed by atoms with Crippen LogP contribution in [0.2, 0.25) is 0 Å². The Morgan fingerprint density at radius 2 is 2.00 bits per heavy atom. The molecular formula is C20H31N3O4. The van der Waals surface area contributed by atoms with E-state index < -0.39 is 17.3 Å². The average Bonchev–Trinajstić information content (AvgIpc) is 2.93. The number of nitrogens with one attached hydrogen (secondary N) is 1. The van der Waals surface area contributed by atoms with Crippen molar-refractivity contribution in [1.29, 1.82) is 0 Å². The Labute approximate surface area is 160 Å². The number of hydrogen-bond donors (Lipinski definition) is 2. The zero-order valence-electron chi connectivity index (χ0n) is 17.3. The standard InChI is InChI=1S/C20H31N3O4/c1-18(2,3)26-17(24)21-14-12-13(8-10-19(14,4)5)16-22-15(27-23-16)9-11-20(6,7)25/h8,12,25H,9-11H2,1-7H3,(H,21,24). The molecule has 1 aliphatic rings. The van der Waals surface area contributed by atoms with Crippen LogP contribution in [-0.4, -0.2) is 32.5 Å². The summed E-state index contributed by atoms with van der Waals surface area (Å²) in [6.07, 6.45) is 5.16. The lowest BCUT2D eigenvalue weighted by Gasteiger charge is -2.31. The first kappa shape index (κ1) is 21.2. The fourth-order valence-electron chi connectivity index (χ4n) is 2.55. The molecule has 0 aromatic carbocycles. The first-order valence-electron chi connectivity index (χ1n) is 9.23. The number of hydrogen-bond acceptors (Lipinski definition) is 6. The summed E-state index contributed by atoms with van der Waals surface area (Å²) in [7, 11) is 0. The zero-order valence-corrected chi connectivity index (χ0v) is 17.3. The first-order valence-corrected chi connectivity index (χ1v) is 9.23. The van der Waals surface area contributed by atoms with E-state index >= 15 is 0 Å². The number of rotatable bonds is 5. The molecule has 150 valence electrons. The SMILES string of the molecule is CC(C)(O)CCc1nc(C2=CCC(C)(C)C(NC(=O)OC(C)(C)C)=C2)no1. The van der Waals surface area contributed by atoms with Gasteiger partial charge >= 0.3 is 6.09 Å². The minimum Gasteiger partial charge on any atom is -0.444 e. The topological polar surface area (TPSA) is 97.5 Å². The van der Waals surface area contributed by atoms with E-state index in [1.54, 1.807) is 13.8 Å². The lowest BCUT2D eigenvalue weighted by Crippen LogP contribution is -2.37. The maximum absolute atomic E-state index is 12.2. The molecule has 0 aliphatic heterocycles. The van der Waals surface area contributed by atoms with E-state index in [0.717, 1.165) is 17.7 Å². The summed E-state index contributed by atoms with van der Waals surface area (Å²) < 4.78 is 10.7. The van der Waals surface area contributed by atoms with Gasteiger partial charge in [-0.05, 0) is 53.5 Å². The van der Waals surface area contributed by atoms with Crippen LogP contribution in [0.3, 0.4) is 0 Å². The predicted molar refractivity (Wildman–Crippen MR) is 103 cm³/mol. The second-order valence-corrected chi connectivity index (χ2v) is 9.26. The first-order chi connectivity index (χ1) is 12.3. The van der Waals surface area contributed by atoms with Crippen molar-refractivity contribution in [3.8, 4) is 0 Å². The van der Waals surface area contributed by atoms with Gasteiger partial charge in [-0.1, -0.05) is 25.1 Å². The number of aliphatic hydroxyl groups is 1. The van der Waals surface area contributed by atoms with Gasteiger partial charge < -0.3 is 14.4 Å². The van der Waals surface area contributed by atoms with Crippen molar-refractivity contribution in [1.82, 2.24) is 15.5 Å². The molecule has 0 bridgehead atoms. The van der Waals surface area contributed by atoms with Crippen molar-refractivity contribution in [3.05, 3.63) is 29.6 Å². The van der Waals surface area contributed by atoms with Gasteiger partial charge in [0, 0.05) is 23.1 Å². The Morgan fingerprint density at radius 3 is 2.59 bits per heavy atom. The van der Waals surface area contributed by atoms with Crippen LogP contribution >= 0.6 is 0 Å². The largest absolute Gasteiger partial charge is 0.444 e. The quantitative estimate of drug-likeness (QED) is 0.805. The number of carbonyl (C=O) groups excluding carboxylic acids is 1. The third-order valence-electron chi connectivity index (χ3n) is 4.17. The van der Waals surface area contributed by atoms with Crippen molar-refractivity contribution < 1.29 is 19.2 Å². The van der Waals surface area contributed by atoms with Gasteiger partial charge in [-0.25, -0.2) is 4.79 Å². The van der Waals surface area contributed by atoms with Gasteiger partial charge in [0.25, 0.3) is 0 Å². The molecule has 0 fully saturated rings. The molecule has 2 rings (SSSR count). The molecule has 1 aromatic rings. The number of aromatic nitrogens is 2. The summed E-state index contributed by atoms with van der Waals surface area (Å²) in [5.74, 6) is 0.952. The average molecular weight is 377 g/mol. The number of amides is 1. The van der Waals surface area contributed by atoms with Gasteiger partial charge in [-0.3, -0.25) is 5.32 Å². The third kappa shape index (κ3) is 6.50. The van der Waals surface area contributed by atoms with Gasteiger partial charge in [0.05, 0.1) is 5.60 Å². The molecule has 1 aliphatic carbocycles. The number of ether oxygens (including phenoxy) is 1. The third-order valence-corrected chi connectivity index (χ3v) is 4.17. The van der Waals surface area contributed by atoms with Gasteiger partial charge in [0.15, 0.2) is 0 Å². The molecule has 7 nitrogen and oxygen atoms in total. The van der Waals surface area contributed by atoms with E-state index in [0.29, 0.717) is 24.6 Å². The Bertz CT molecular complexity index is 746. The minimum absolute atomic E-state index is 0.242. The highest BCUT2D eigenvalue weighted by molar-refractivity contribution is 5.76. The van der Waals surface area contributed by atoms with Gasteiger partial charge in [-0.15, -0.1) is 0 Å². The smallest absolute Gasteiger partial charge is 0.411 e. The molecule has 27 heavy (non-hydrogen) atoms. The number of aryl methyl sites for hydroxylation is 1. The van der Waals surface area contributed by atoms with E-state index in [4.69, 9.17) is 9.26 Å². The number of allylic oxidation sites excluding steroid dienone is 4. The molecule has 0 saturated heterocycles. The van der Waals surface area contributed by atoms with Crippen molar-refractivity contribution in [2.75, 3.05) is 0 Å². The highest BCUT2D eigenvalue weighted by Crippen LogP contribution is 2.36. The molecule has 1 amide bonds. The van der Waals surface area contributed by atoms with E-state index in [2.05, 4.69) is 29.3 Å². The van der Waals surface area contributed by atoms with Crippen molar-refractivity contribution in [3.63, 3.8) is 0 Å². The normalized spacial score (nSPS) is 17.2. The molecule has 0 radical (unpaired) electrons. The maximum Gasteiger partial charge on any atom is 0.411 e. The van der Waals surface area contributed by atoms with Crippen LogP contribution in [0, 0.1) is 5.41 Å². The summed E-state index contributed by atoms with van der Waals surface area (Å²) in [6, 6.07) is 0. The van der Waals surface area contributed by atoms with Crippen LogP contribution in [0.15, 0.2) is 22.4 Å². The summed E-state index contributed by atoms with van der Waals surface area (Å²) in [6.45, 7) is 13.1. The van der Waals surface area contributed by atoms with Gasteiger partial charge in [-0.2, -0.15) is 4.98 Å². The summed E-state index contributed by atoms with van der Waals surface area (Å²) >= 11 is 0. The lowest BCUT2D eigenvalue weighted by atomic mass is 9.80. The van der Waals surface area contributed by atoms with Crippen LogP contribution in [0.5, 0.6) is 0 Å². The second kappa shape index (κ2) is 7.46. The Kier molecular flexibility index (Phi) is 5.85. The lowest BCUT2D eigenvalue weighted by molar-refractivity contribution is 0.0533. The molecule has 2 N–H and O–H groups in total. The van der Waals surface area contributed by atoms with Crippen LogP contribution in [0.25, 0.3) is 5.57 Å². The fourth-order valence-corrected chi connectivity index (χ4v) is 2.55. The highest BCUT2D eigenvalue weighted by Gasteiger charge is 2.30. The molecule has 1 heterocycles. The number of nitrogens with zero attached hydrogens (tertiary/aromatic N) is 2. The van der Waals surface area contributed by atoms with Crippen LogP contribution in [0.4, 0.5) is 4.79 Å². The summed E-state index contributed by atoms with van der Waals surface area (Å²) in [4.78, 5) is 16.6. The summed E-state index contributed by atoms with van der Waals surface area (Å²) in [5.41, 5.74) is -0.0533. The molecule has 7 heteroatoms. The van der Waals surface area contributed by atoms with Gasteiger partial charge in [0.2, 0.25) is 11.7 Å². The van der Waals surface area contributed by atoms with E-state index in [9.17, 15) is 9.90 Å². The monoisotopic (exact) mass is 377 g/mol. The second-order valence-electron chi connectivity index (χ2n) is 9.26. The minimum atomic E-state index is -0.785. The van der Waals surface area contributed by atoms with E-state index in [1.165, 1.54) is 0 Å². The molecule has 0 spiro atoms. The summed E-state index contributed by atoms with van der Waals surface area (Å²) in [5, 5.41) is 16.7. The highest BCUT2D eigenvalue weighted by atomic mass is 16.6. The molecule has 1 aromatic heterocycles. The van der Waals surface area contributed by atoms with Crippen LogP contribution in [0.1, 0.15) is 73.0 Å². The van der Waals surface area contributed by atoms with Crippen molar-refractivity contribution >= 4 is 11.7 Å².